The molecular formula is C9H14NOP. The number of methoxy groups -OCH3 is 1. The molecule has 0 amide bonds. The maximum Gasteiger partial charge on any atom is 0.126 e. The van der Waals surface area contributed by atoms with E-state index in [-0.39, 0.29) is 0 Å². The van der Waals surface area contributed by atoms with Crippen LogP contribution in [0.2, 0.25) is 0 Å². The van der Waals surface area contributed by atoms with E-state index in [1.54, 1.807) is 7.11 Å². The predicted molar refractivity (Wildman–Crippen MR) is 54.9 cm³/mol. The average molecular weight is 183 g/mol. The Kier molecular flexibility index (Phi) is 4.06. The van der Waals surface area contributed by atoms with E-state index in [4.69, 9.17) is 4.74 Å². The van der Waals surface area contributed by atoms with Crippen LogP contribution >= 0.6 is 8.58 Å². The van der Waals surface area contributed by atoms with E-state index >= 15 is 0 Å². The van der Waals surface area contributed by atoms with E-state index in [9.17, 15) is 0 Å². The van der Waals surface area contributed by atoms with Gasteiger partial charge in [-0.3, -0.25) is 0 Å². The molecule has 0 spiro atoms. The summed E-state index contributed by atoms with van der Waals surface area (Å²) >= 11 is 0. The summed E-state index contributed by atoms with van der Waals surface area (Å²) in [6.07, 6.45) is 1.01. The molecule has 0 aliphatic heterocycles. The standard InChI is InChI=1S/C9H14NOP/c1-10-7-12-9-6-4-3-5-8(9)11-2/h3-6,10,12H,7H2,1-2H3. The van der Waals surface area contributed by atoms with E-state index in [0.717, 1.165) is 20.6 Å². The first kappa shape index (κ1) is 9.50. The van der Waals surface area contributed by atoms with Gasteiger partial charge in [-0.05, 0) is 13.1 Å². The van der Waals surface area contributed by atoms with Crippen LogP contribution in [0, 0.1) is 0 Å². The van der Waals surface area contributed by atoms with Gasteiger partial charge in [-0.1, -0.05) is 26.8 Å². The molecule has 0 aromatic heterocycles. The molecule has 0 saturated carbocycles. The van der Waals surface area contributed by atoms with Crippen LogP contribution in [0.3, 0.4) is 0 Å². The molecule has 1 aromatic carbocycles. The molecule has 0 aliphatic carbocycles. The number of hydrogen-bond donors (Lipinski definition) is 1. The van der Waals surface area contributed by atoms with Crippen molar-refractivity contribution in [3.63, 3.8) is 0 Å². The van der Waals surface area contributed by atoms with Gasteiger partial charge in [0, 0.05) is 11.6 Å². The molecule has 0 saturated heterocycles. The SMILES string of the molecule is CNCPc1ccccc1OC. The predicted octanol–water partition coefficient (Wildman–Crippen LogP) is 1.18. The van der Waals surface area contributed by atoms with Crippen molar-refractivity contribution >= 4 is 13.9 Å². The maximum absolute atomic E-state index is 5.22. The lowest BCUT2D eigenvalue weighted by Crippen LogP contribution is -2.08. The summed E-state index contributed by atoms with van der Waals surface area (Å²) in [7, 11) is 4.45. The minimum atomic E-state index is 0.774. The second kappa shape index (κ2) is 5.13. The molecule has 0 heterocycles. The van der Waals surface area contributed by atoms with Gasteiger partial charge in [0.05, 0.1) is 7.11 Å². The van der Waals surface area contributed by atoms with Gasteiger partial charge >= 0.3 is 0 Å². The maximum atomic E-state index is 5.22. The lowest BCUT2D eigenvalue weighted by atomic mass is 10.3. The summed E-state index contributed by atoms with van der Waals surface area (Å²) in [5.41, 5.74) is 0. The normalized spacial score (nSPS) is 10.8. The Bertz CT molecular complexity index is 240. The van der Waals surface area contributed by atoms with Crippen molar-refractivity contribution < 1.29 is 4.74 Å². The van der Waals surface area contributed by atoms with E-state index in [0.29, 0.717) is 0 Å². The van der Waals surface area contributed by atoms with Gasteiger partial charge < -0.3 is 10.1 Å². The Morgan fingerprint density at radius 2 is 2.17 bits per heavy atom. The lowest BCUT2D eigenvalue weighted by molar-refractivity contribution is 0.418. The van der Waals surface area contributed by atoms with Gasteiger partial charge in [0.1, 0.15) is 5.75 Å². The highest BCUT2D eigenvalue weighted by atomic mass is 31.1. The highest BCUT2D eigenvalue weighted by Gasteiger charge is 1.98. The first-order valence-electron chi connectivity index (χ1n) is 3.90. The van der Waals surface area contributed by atoms with E-state index in [2.05, 4.69) is 11.4 Å². The van der Waals surface area contributed by atoms with Crippen LogP contribution in [0.4, 0.5) is 0 Å². The third-order valence-electron chi connectivity index (χ3n) is 1.56. The van der Waals surface area contributed by atoms with Crippen molar-refractivity contribution in [3.8, 4) is 5.75 Å². The minimum Gasteiger partial charge on any atom is -0.496 e. The zero-order chi connectivity index (χ0) is 8.81. The monoisotopic (exact) mass is 183 g/mol. The summed E-state index contributed by atoms with van der Waals surface area (Å²) < 4.78 is 5.22. The second-order valence-corrected chi connectivity index (χ2v) is 3.65. The van der Waals surface area contributed by atoms with Crippen molar-refractivity contribution in [1.29, 1.82) is 0 Å². The molecule has 0 bridgehead atoms. The van der Waals surface area contributed by atoms with Crippen molar-refractivity contribution in [2.24, 2.45) is 0 Å². The molecule has 1 N–H and O–H groups in total. The molecule has 1 aromatic rings. The van der Waals surface area contributed by atoms with Gasteiger partial charge in [0.15, 0.2) is 0 Å². The Labute approximate surface area is 75.1 Å². The molecule has 0 aliphatic rings. The largest absolute Gasteiger partial charge is 0.496 e. The molecule has 1 unspecified atom stereocenters. The first-order valence-corrected chi connectivity index (χ1v) is 5.10. The zero-order valence-corrected chi connectivity index (χ0v) is 8.42. The van der Waals surface area contributed by atoms with Crippen molar-refractivity contribution in [3.05, 3.63) is 24.3 Å². The highest BCUT2D eigenvalue weighted by Crippen LogP contribution is 2.17. The summed E-state index contributed by atoms with van der Waals surface area (Å²) in [6.45, 7) is 0. The second-order valence-electron chi connectivity index (χ2n) is 2.41. The number of rotatable bonds is 4. The first-order chi connectivity index (χ1) is 5.88. The summed E-state index contributed by atoms with van der Waals surface area (Å²) in [6, 6.07) is 8.14. The number of benzene rings is 1. The summed E-state index contributed by atoms with van der Waals surface area (Å²) in [5, 5.41) is 4.41. The quantitative estimate of drug-likeness (QED) is 0.707. The van der Waals surface area contributed by atoms with E-state index < -0.39 is 0 Å². The smallest absolute Gasteiger partial charge is 0.126 e. The fraction of sp³-hybridized carbons (Fsp3) is 0.333. The highest BCUT2D eigenvalue weighted by molar-refractivity contribution is 7.47. The van der Waals surface area contributed by atoms with Gasteiger partial charge in [0.2, 0.25) is 0 Å². The molecule has 66 valence electrons. The van der Waals surface area contributed by atoms with Crippen LogP contribution in [0.25, 0.3) is 0 Å². The van der Waals surface area contributed by atoms with E-state index in [1.807, 2.05) is 25.2 Å². The number of para-hydroxylation sites is 1. The fourth-order valence-electron chi connectivity index (χ4n) is 0.974. The average Bonchev–Trinajstić information content (AvgIpc) is 2.15. The molecular weight excluding hydrogens is 169 g/mol. The molecule has 2 nitrogen and oxygen atoms in total. The van der Waals surface area contributed by atoms with Crippen molar-refractivity contribution in [2.75, 3.05) is 20.4 Å². The van der Waals surface area contributed by atoms with Crippen LogP contribution in [0.1, 0.15) is 0 Å². The van der Waals surface area contributed by atoms with Crippen LogP contribution in [-0.4, -0.2) is 20.4 Å². The Balaban J connectivity index is 2.68. The van der Waals surface area contributed by atoms with Gasteiger partial charge in [-0.25, -0.2) is 0 Å². The molecule has 0 radical (unpaired) electrons. The molecule has 0 fully saturated rings. The third-order valence-corrected chi connectivity index (χ3v) is 2.89. The van der Waals surface area contributed by atoms with Gasteiger partial charge in [-0.15, -0.1) is 0 Å². The van der Waals surface area contributed by atoms with Gasteiger partial charge in [0.25, 0.3) is 0 Å². The van der Waals surface area contributed by atoms with Gasteiger partial charge in [-0.2, -0.15) is 0 Å². The summed E-state index contributed by atoms with van der Waals surface area (Å²) in [4.78, 5) is 0. The topological polar surface area (TPSA) is 21.3 Å². The van der Waals surface area contributed by atoms with Crippen molar-refractivity contribution in [1.82, 2.24) is 5.32 Å². The Morgan fingerprint density at radius 3 is 2.83 bits per heavy atom. The Hall–Kier alpha value is -0.590. The molecule has 3 heteroatoms. The number of ether oxygens (including phenoxy) is 1. The zero-order valence-electron chi connectivity index (χ0n) is 7.42. The molecule has 1 rings (SSSR count). The lowest BCUT2D eigenvalue weighted by Gasteiger charge is -2.06. The van der Waals surface area contributed by atoms with Crippen LogP contribution in [0.15, 0.2) is 24.3 Å². The fourth-order valence-corrected chi connectivity index (χ4v) is 1.92. The minimum absolute atomic E-state index is 0.774. The number of hydrogen-bond acceptors (Lipinski definition) is 2. The van der Waals surface area contributed by atoms with E-state index in [1.165, 1.54) is 5.30 Å². The van der Waals surface area contributed by atoms with Crippen LogP contribution < -0.4 is 15.4 Å². The van der Waals surface area contributed by atoms with Crippen molar-refractivity contribution in [2.45, 2.75) is 0 Å². The third kappa shape index (κ3) is 2.47. The number of nitrogens with one attached hydrogen (secondary N) is 1. The van der Waals surface area contributed by atoms with Crippen LogP contribution in [0.5, 0.6) is 5.75 Å². The van der Waals surface area contributed by atoms with Crippen LogP contribution in [-0.2, 0) is 0 Å². The molecule has 12 heavy (non-hydrogen) atoms. The molecule has 1 atom stereocenters. The summed E-state index contributed by atoms with van der Waals surface area (Å²) in [5.74, 6) is 0.992. The Morgan fingerprint density at radius 1 is 1.42 bits per heavy atom.